The molecular formula is C21H23Cl2N3O6. The maximum absolute atomic E-state index is 12.1. The molecule has 32 heavy (non-hydrogen) atoms. The van der Waals surface area contributed by atoms with Crippen molar-refractivity contribution in [2.24, 2.45) is 10.9 Å². The van der Waals surface area contributed by atoms with Crippen LogP contribution in [0.2, 0.25) is 10.0 Å². The predicted molar refractivity (Wildman–Crippen MR) is 122 cm³/mol. The van der Waals surface area contributed by atoms with E-state index in [0.717, 1.165) is 0 Å². The van der Waals surface area contributed by atoms with Crippen LogP contribution in [-0.2, 0) is 14.3 Å². The van der Waals surface area contributed by atoms with E-state index < -0.39 is 24.1 Å². The number of hydrogen-bond donors (Lipinski definition) is 4. The summed E-state index contributed by atoms with van der Waals surface area (Å²) in [5.74, 6) is -1.76. The summed E-state index contributed by atoms with van der Waals surface area (Å²) in [6.45, 7) is 4.42. The van der Waals surface area contributed by atoms with E-state index in [9.17, 15) is 14.8 Å². The van der Waals surface area contributed by atoms with E-state index in [-0.39, 0.29) is 28.2 Å². The molecule has 9 nitrogen and oxygen atoms in total. The van der Waals surface area contributed by atoms with Gasteiger partial charge in [0.15, 0.2) is 12.4 Å². The summed E-state index contributed by atoms with van der Waals surface area (Å²) in [6.07, 6.45) is 0. The summed E-state index contributed by atoms with van der Waals surface area (Å²) in [6, 6.07) is 7.63. The largest absolute Gasteiger partial charge is 0.480 e. The summed E-state index contributed by atoms with van der Waals surface area (Å²) in [5.41, 5.74) is 6.58. The summed E-state index contributed by atoms with van der Waals surface area (Å²) in [7, 11) is 0. The maximum atomic E-state index is 12.1. The fourth-order valence-electron chi connectivity index (χ4n) is 2.74. The van der Waals surface area contributed by atoms with Crippen LogP contribution in [0.4, 0.5) is 5.69 Å². The zero-order valence-corrected chi connectivity index (χ0v) is 19.1. The third kappa shape index (κ3) is 6.93. The van der Waals surface area contributed by atoms with Gasteiger partial charge in [0.05, 0.1) is 5.02 Å². The van der Waals surface area contributed by atoms with E-state index in [2.05, 4.69) is 10.5 Å². The van der Waals surface area contributed by atoms with Crippen molar-refractivity contribution in [3.63, 3.8) is 0 Å². The zero-order valence-electron chi connectivity index (χ0n) is 17.6. The van der Waals surface area contributed by atoms with E-state index in [0.29, 0.717) is 22.4 Å². The van der Waals surface area contributed by atoms with Crippen LogP contribution < -0.4 is 15.8 Å². The van der Waals surface area contributed by atoms with Crippen molar-refractivity contribution in [3.05, 3.63) is 45.9 Å². The number of carboxylic acid groups (broad SMARTS) is 1. The maximum Gasteiger partial charge on any atom is 0.344 e. The van der Waals surface area contributed by atoms with Crippen molar-refractivity contribution in [2.75, 3.05) is 18.5 Å². The first-order chi connectivity index (χ1) is 14.9. The molecule has 0 atom stereocenters. The number of carboxylic acids is 1. The van der Waals surface area contributed by atoms with Gasteiger partial charge in [0, 0.05) is 21.8 Å². The lowest BCUT2D eigenvalue weighted by Gasteiger charge is -2.21. The summed E-state index contributed by atoms with van der Waals surface area (Å²) >= 11 is 12.5. The Hall–Kier alpha value is -3.17. The smallest absolute Gasteiger partial charge is 0.344 e. The molecular weight excluding hydrogens is 461 g/mol. The second-order valence-electron chi connectivity index (χ2n) is 7.63. The predicted octanol–water partition coefficient (Wildman–Crippen LogP) is 3.97. The number of hydrogen-bond acceptors (Lipinski definition) is 7. The van der Waals surface area contributed by atoms with E-state index in [1.807, 2.05) is 0 Å². The van der Waals surface area contributed by atoms with Crippen molar-refractivity contribution in [2.45, 2.75) is 26.4 Å². The molecule has 0 aliphatic rings. The Bertz CT molecular complexity index is 1050. The van der Waals surface area contributed by atoms with Crippen LogP contribution >= 0.6 is 23.2 Å². The number of benzene rings is 2. The lowest BCUT2D eigenvalue weighted by Crippen LogP contribution is -2.27. The van der Waals surface area contributed by atoms with Crippen LogP contribution in [0.15, 0.2) is 35.5 Å². The van der Waals surface area contributed by atoms with Crippen LogP contribution in [0.25, 0.3) is 11.1 Å². The first-order valence-corrected chi connectivity index (χ1v) is 10.1. The lowest BCUT2D eigenvalue weighted by molar-refractivity contribution is -0.157. The Balaban J connectivity index is 2.55. The van der Waals surface area contributed by atoms with Gasteiger partial charge in [-0.25, -0.2) is 4.79 Å². The first-order valence-electron chi connectivity index (χ1n) is 9.33. The Morgan fingerprint density at radius 2 is 1.84 bits per heavy atom. The minimum absolute atomic E-state index is 0.115. The molecule has 0 spiro atoms. The summed E-state index contributed by atoms with van der Waals surface area (Å²) in [4.78, 5) is 23.0. The number of anilines is 1. The number of carbonyl (C=O) groups excluding carboxylic acids is 1. The summed E-state index contributed by atoms with van der Waals surface area (Å²) < 4.78 is 10.9. The second-order valence-corrected chi connectivity index (χ2v) is 8.48. The molecule has 0 aliphatic heterocycles. The molecule has 0 saturated heterocycles. The van der Waals surface area contributed by atoms with Gasteiger partial charge in [-0.05, 0) is 56.7 Å². The number of ether oxygens (including phenoxy) is 2. The number of amidine groups is 1. The van der Waals surface area contributed by atoms with Gasteiger partial charge in [-0.1, -0.05) is 28.4 Å². The molecule has 0 fully saturated rings. The van der Waals surface area contributed by atoms with E-state index >= 15 is 0 Å². The van der Waals surface area contributed by atoms with Crippen LogP contribution in [-0.4, -0.2) is 46.8 Å². The Morgan fingerprint density at radius 1 is 1.16 bits per heavy atom. The number of nitrogens with zero attached hydrogens (tertiary/aromatic N) is 1. The molecule has 0 amide bonds. The molecule has 172 valence electrons. The van der Waals surface area contributed by atoms with Gasteiger partial charge in [0.1, 0.15) is 17.9 Å². The minimum atomic E-state index is -1.06. The van der Waals surface area contributed by atoms with Crippen molar-refractivity contribution >= 4 is 46.7 Å². The monoisotopic (exact) mass is 483 g/mol. The van der Waals surface area contributed by atoms with Gasteiger partial charge in [-0.3, -0.25) is 4.79 Å². The lowest BCUT2D eigenvalue weighted by atomic mass is 9.97. The number of oxime groups is 1. The molecule has 0 unspecified atom stereocenters. The van der Waals surface area contributed by atoms with Crippen molar-refractivity contribution in [1.29, 1.82) is 0 Å². The number of esters is 1. The normalized spacial score (nSPS) is 11.7. The summed E-state index contributed by atoms with van der Waals surface area (Å²) in [5, 5.41) is 24.3. The van der Waals surface area contributed by atoms with Crippen molar-refractivity contribution in [1.82, 2.24) is 0 Å². The Kier molecular flexibility index (Phi) is 8.18. The highest BCUT2D eigenvalue weighted by Gasteiger charge is 2.21. The van der Waals surface area contributed by atoms with Gasteiger partial charge in [-0.2, -0.15) is 0 Å². The van der Waals surface area contributed by atoms with Crippen LogP contribution in [0.1, 0.15) is 26.3 Å². The number of nitrogens with one attached hydrogen (secondary N) is 1. The molecule has 0 saturated carbocycles. The fourth-order valence-corrected chi connectivity index (χ4v) is 3.29. The van der Waals surface area contributed by atoms with E-state index in [1.54, 1.807) is 32.9 Å². The number of carbonyl (C=O) groups is 2. The number of nitrogens with two attached hydrogens (primary N) is 1. The number of halogens is 2. The quantitative estimate of drug-likeness (QED) is 0.145. The highest BCUT2D eigenvalue weighted by molar-refractivity contribution is 6.36. The fraction of sp³-hybridized carbons (Fsp3) is 0.286. The van der Waals surface area contributed by atoms with E-state index in [4.69, 9.17) is 43.5 Å². The second kappa shape index (κ2) is 10.4. The Morgan fingerprint density at radius 3 is 2.44 bits per heavy atom. The molecule has 0 aliphatic carbocycles. The molecule has 0 radical (unpaired) electrons. The number of rotatable bonds is 8. The SMILES string of the molecule is CC(C)(C)OC(=O)COc1c(Cl)cc(Cl)cc1-c1cc(NCC(=O)O)ccc1C(N)=NO. The van der Waals surface area contributed by atoms with Gasteiger partial charge in [0.2, 0.25) is 0 Å². The third-order valence-electron chi connectivity index (χ3n) is 3.90. The molecule has 0 heterocycles. The van der Waals surface area contributed by atoms with E-state index in [1.165, 1.54) is 18.2 Å². The van der Waals surface area contributed by atoms with Gasteiger partial charge in [-0.15, -0.1) is 0 Å². The highest BCUT2D eigenvalue weighted by Crippen LogP contribution is 2.41. The standard InChI is InChI=1S/C21H23Cl2N3O6/c1-21(2,3)32-18(29)10-31-19-15(6-11(22)7-16(19)23)14-8-12(25-9-17(27)28)4-5-13(14)20(24)26-30/h4-8,25,30H,9-10H2,1-3H3,(H2,24,26)(H,27,28). The van der Waals surface area contributed by atoms with Crippen molar-refractivity contribution < 1.29 is 29.4 Å². The average molecular weight is 484 g/mol. The first kappa shape index (κ1) is 25.1. The van der Waals surface area contributed by atoms with Crippen LogP contribution in [0.5, 0.6) is 5.75 Å². The third-order valence-corrected chi connectivity index (χ3v) is 4.40. The van der Waals surface area contributed by atoms with Crippen LogP contribution in [0.3, 0.4) is 0 Å². The molecule has 0 aromatic heterocycles. The Labute approximate surface area is 194 Å². The van der Waals surface area contributed by atoms with Gasteiger partial charge < -0.3 is 30.8 Å². The molecule has 0 bridgehead atoms. The van der Waals surface area contributed by atoms with Gasteiger partial charge >= 0.3 is 11.9 Å². The molecule has 2 aromatic carbocycles. The molecule has 2 aromatic rings. The average Bonchev–Trinajstić information content (AvgIpc) is 2.69. The molecule has 2 rings (SSSR count). The van der Waals surface area contributed by atoms with Gasteiger partial charge in [0.25, 0.3) is 0 Å². The molecule has 11 heteroatoms. The minimum Gasteiger partial charge on any atom is -0.480 e. The number of aliphatic carboxylic acids is 1. The zero-order chi connectivity index (χ0) is 24.1. The van der Waals surface area contributed by atoms with Crippen LogP contribution in [0, 0.1) is 0 Å². The topological polar surface area (TPSA) is 143 Å². The van der Waals surface area contributed by atoms with Crippen molar-refractivity contribution in [3.8, 4) is 16.9 Å². The highest BCUT2D eigenvalue weighted by atomic mass is 35.5. The molecule has 5 N–H and O–H groups in total.